The van der Waals surface area contributed by atoms with E-state index in [2.05, 4.69) is 44.9 Å². The highest BCUT2D eigenvalue weighted by Gasteiger charge is 2.09. The Morgan fingerprint density at radius 1 is 1.00 bits per heavy atom. The molecule has 28 heavy (non-hydrogen) atoms. The lowest BCUT2D eigenvalue weighted by atomic mass is 10.2. The van der Waals surface area contributed by atoms with E-state index in [1.807, 2.05) is 37.3 Å². The van der Waals surface area contributed by atoms with Gasteiger partial charge in [0.1, 0.15) is 19.7 Å². The van der Waals surface area contributed by atoms with Crippen LogP contribution >= 0.6 is 11.3 Å². The molecule has 0 unspecified atom stereocenters. The van der Waals surface area contributed by atoms with E-state index in [0.29, 0.717) is 13.2 Å². The summed E-state index contributed by atoms with van der Waals surface area (Å²) < 4.78 is 11.8. The number of para-hydroxylation sites is 2. The maximum atomic E-state index is 5.96. The molecule has 0 amide bonds. The molecule has 0 saturated heterocycles. The van der Waals surface area contributed by atoms with Gasteiger partial charge < -0.3 is 19.8 Å². The van der Waals surface area contributed by atoms with E-state index < -0.39 is 0 Å². The van der Waals surface area contributed by atoms with E-state index in [-0.39, 0.29) is 0 Å². The zero-order valence-corrected chi connectivity index (χ0v) is 16.7. The predicted octanol–water partition coefficient (Wildman–Crippen LogP) is 3.87. The molecular weight excluding hydrogens is 370 g/mol. The van der Waals surface area contributed by atoms with Crippen molar-refractivity contribution in [2.75, 3.05) is 6.61 Å². The molecule has 6 heteroatoms. The monoisotopic (exact) mass is 394 g/mol. The van der Waals surface area contributed by atoms with Gasteiger partial charge >= 0.3 is 0 Å². The Morgan fingerprint density at radius 3 is 2.75 bits per heavy atom. The van der Waals surface area contributed by atoms with Gasteiger partial charge in [-0.1, -0.05) is 18.2 Å². The van der Waals surface area contributed by atoms with Crippen LogP contribution < -0.4 is 14.8 Å². The van der Waals surface area contributed by atoms with Crippen LogP contribution in [0.2, 0.25) is 0 Å². The summed E-state index contributed by atoms with van der Waals surface area (Å²) in [5, 5.41) is 4.29. The molecule has 4 aromatic rings. The van der Waals surface area contributed by atoms with Crippen LogP contribution in [-0.2, 0) is 19.7 Å². The molecular formula is C22H24N3O2S+. The fourth-order valence-corrected chi connectivity index (χ4v) is 3.70. The Kier molecular flexibility index (Phi) is 5.89. The van der Waals surface area contributed by atoms with Crippen LogP contribution in [0.15, 0.2) is 60.0 Å². The summed E-state index contributed by atoms with van der Waals surface area (Å²) in [6, 6.07) is 18.4. The number of hydrogen-bond donors (Lipinski definition) is 2. The number of H-pyrrole nitrogens is 1. The van der Waals surface area contributed by atoms with Crippen LogP contribution in [0, 0.1) is 0 Å². The number of ether oxygens (including phenoxy) is 2. The fraction of sp³-hybridized carbons (Fsp3) is 0.227. The molecule has 0 bridgehead atoms. The quantitative estimate of drug-likeness (QED) is 0.453. The van der Waals surface area contributed by atoms with Crippen LogP contribution in [0.4, 0.5) is 0 Å². The molecule has 3 N–H and O–H groups in total. The number of imidazole rings is 1. The molecule has 5 nitrogen and oxygen atoms in total. The number of aromatic amines is 1. The van der Waals surface area contributed by atoms with Crippen molar-refractivity contribution in [3.8, 4) is 11.5 Å². The summed E-state index contributed by atoms with van der Waals surface area (Å²) >= 11 is 1.70. The maximum absolute atomic E-state index is 5.96. The highest BCUT2D eigenvalue weighted by molar-refractivity contribution is 7.09. The largest absolute Gasteiger partial charge is 0.490 e. The van der Waals surface area contributed by atoms with Gasteiger partial charge in [0.25, 0.3) is 0 Å². The van der Waals surface area contributed by atoms with E-state index in [1.165, 1.54) is 10.4 Å². The maximum Gasteiger partial charge on any atom is 0.162 e. The second kappa shape index (κ2) is 8.91. The van der Waals surface area contributed by atoms with E-state index in [9.17, 15) is 0 Å². The van der Waals surface area contributed by atoms with Crippen molar-refractivity contribution >= 4 is 22.4 Å². The van der Waals surface area contributed by atoms with Crippen molar-refractivity contribution in [1.29, 1.82) is 0 Å². The minimum absolute atomic E-state index is 0.565. The first-order chi connectivity index (χ1) is 13.8. The summed E-state index contributed by atoms with van der Waals surface area (Å²) in [6.45, 7) is 4.82. The van der Waals surface area contributed by atoms with Crippen LogP contribution in [-0.4, -0.2) is 16.6 Å². The number of nitrogens with zero attached hydrogens (tertiary/aromatic N) is 1. The second-order valence-electron chi connectivity index (χ2n) is 6.48. The SMILES string of the molecule is CCOc1cc(C[NH2+]Cc2nc3ccccc3[nH]2)ccc1OCc1cccs1. The predicted molar refractivity (Wildman–Crippen MR) is 112 cm³/mol. The van der Waals surface area contributed by atoms with Gasteiger partial charge in [-0.25, -0.2) is 4.98 Å². The third-order valence-electron chi connectivity index (χ3n) is 4.41. The summed E-state index contributed by atoms with van der Waals surface area (Å²) in [4.78, 5) is 9.19. The number of hydrogen-bond acceptors (Lipinski definition) is 4. The van der Waals surface area contributed by atoms with E-state index in [1.54, 1.807) is 11.3 Å². The molecule has 2 aromatic heterocycles. The van der Waals surface area contributed by atoms with Gasteiger partial charge in [-0.2, -0.15) is 0 Å². The Labute approximate surface area is 168 Å². The molecule has 4 rings (SSSR count). The number of rotatable bonds is 9. The van der Waals surface area contributed by atoms with Crippen molar-refractivity contribution in [1.82, 2.24) is 9.97 Å². The third kappa shape index (κ3) is 4.52. The Hall–Kier alpha value is -2.83. The number of quaternary nitrogens is 1. The van der Waals surface area contributed by atoms with Gasteiger partial charge in [-0.05, 0) is 48.7 Å². The second-order valence-corrected chi connectivity index (χ2v) is 7.51. The smallest absolute Gasteiger partial charge is 0.162 e. The van der Waals surface area contributed by atoms with Crippen molar-refractivity contribution in [3.05, 3.63) is 76.2 Å². The molecule has 0 radical (unpaired) electrons. The van der Waals surface area contributed by atoms with Crippen molar-refractivity contribution in [2.24, 2.45) is 0 Å². The van der Waals surface area contributed by atoms with Crippen LogP contribution in [0.25, 0.3) is 11.0 Å². The minimum atomic E-state index is 0.565. The van der Waals surface area contributed by atoms with Crippen molar-refractivity contribution in [2.45, 2.75) is 26.6 Å². The van der Waals surface area contributed by atoms with E-state index in [0.717, 1.165) is 41.4 Å². The van der Waals surface area contributed by atoms with Gasteiger partial charge in [-0.3, -0.25) is 0 Å². The van der Waals surface area contributed by atoms with Crippen molar-refractivity contribution in [3.63, 3.8) is 0 Å². The highest BCUT2D eigenvalue weighted by Crippen LogP contribution is 2.29. The number of benzene rings is 2. The molecule has 0 aliphatic carbocycles. The van der Waals surface area contributed by atoms with E-state index in [4.69, 9.17) is 9.47 Å². The lowest BCUT2D eigenvalue weighted by Gasteiger charge is -2.12. The van der Waals surface area contributed by atoms with E-state index >= 15 is 0 Å². The summed E-state index contributed by atoms with van der Waals surface area (Å²) in [7, 11) is 0. The number of aromatic nitrogens is 2. The molecule has 0 aliphatic rings. The molecule has 0 aliphatic heterocycles. The Bertz CT molecular complexity index is 994. The fourth-order valence-electron chi connectivity index (χ4n) is 3.09. The molecule has 2 aromatic carbocycles. The summed E-state index contributed by atoms with van der Waals surface area (Å²) in [5.41, 5.74) is 3.29. The highest BCUT2D eigenvalue weighted by atomic mass is 32.1. The zero-order valence-electron chi connectivity index (χ0n) is 15.9. The number of nitrogens with one attached hydrogen (secondary N) is 1. The lowest BCUT2D eigenvalue weighted by Crippen LogP contribution is -2.80. The first-order valence-electron chi connectivity index (χ1n) is 9.48. The Morgan fingerprint density at radius 2 is 1.93 bits per heavy atom. The number of fused-ring (bicyclic) bond motifs is 1. The molecule has 0 saturated carbocycles. The van der Waals surface area contributed by atoms with Gasteiger partial charge in [0.15, 0.2) is 17.3 Å². The summed E-state index contributed by atoms with van der Waals surface area (Å²) in [5.74, 6) is 2.58. The molecule has 0 fully saturated rings. The van der Waals surface area contributed by atoms with Gasteiger partial charge in [0, 0.05) is 10.4 Å². The molecule has 0 atom stereocenters. The van der Waals surface area contributed by atoms with Crippen LogP contribution in [0.1, 0.15) is 23.2 Å². The van der Waals surface area contributed by atoms with Crippen LogP contribution in [0.3, 0.4) is 0 Å². The molecule has 144 valence electrons. The Balaban J connectivity index is 1.37. The number of thiophene rings is 1. The lowest BCUT2D eigenvalue weighted by molar-refractivity contribution is -0.687. The first kappa shape index (κ1) is 18.5. The molecule has 0 spiro atoms. The zero-order chi connectivity index (χ0) is 19.2. The average molecular weight is 395 g/mol. The van der Waals surface area contributed by atoms with Gasteiger partial charge in [0.2, 0.25) is 0 Å². The minimum Gasteiger partial charge on any atom is -0.490 e. The van der Waals surface area contributed by atoms with Gasteiger partial charge in [-0.15, -0.1) is 11.3 Å². The average Bonchev–Trinajstić information content (AvgIpc) is 3.37. The topological polar surface area (TPSA) is 63.8 Å². The van der Waals surface area contributed by atoms with Crippen molar-refractivity contribution < 1.29 is 14.8 Å². The number of nitrogens with two attached hydrogens (primary N) is 1. The normalized spacial score (nSPS) is 11.0. The summed E-state index contributed by atoms with van der Waals surface area (Å²) in [6.07, 6.45) is 0. The third-order valence-corrected chi connectivity index (χ3v) is 5.26. The standard InChI is InChI=1S/C22H23N3O2S/c1-2-26-21-12-16(9-10-20(21)27-15-17-6-5-11-28-17)13-23-14-22-24-18-7-3-4-8-19(18)25-22/h3-12,23H,2,13-15H2,1H3,(H,24,25)/p+1. The molecule has 2 heterocycles. The van der Waals surface area contributed by atoms with Crippen LogP contribution in [0.5, 0.6) is 11.5 Å². The van der Waals surface area contributed by atoms with Gasteiger partial charge in [0.05, 0.1) is 17.6 Å². The first-order valence-corrected chi connectivity index (χ1v) is 10.4.